The Hall–Kier alpha value is -1.81. The van der Waals surface area contributed by atoms with Gasteiger partial charge < -0.3 is 5.11 Å². The highest BCUT2D eigenvalue weighted by Gasteiger charge is 2.16. The Morgan fingerprint density at radius 1 is 0.895 bits per heavy atom. The average Bonchev–Trinajstić information content (AvgIpc) is 2.41. The molecule has 0 amide bonds. The highest BCUT2D eigenvalue weighted by Crippen LogP contribution is 2.23. The van der Waals surface area contributed by atoms with Gasteiger partial charge in [0.25, 0.3) is 0 Å². The molecule has 100 valence electrons. The molecule has 0 fully saturated rings. The topological polar surface area (TPSA) is 20.2 Å². The molecule has 0 aliphatic carbocycles. The van der Waals surface area contributed by atoms with Gasteiger partial charge in [0.2, 0.25) is 0 Å². The van der Waals surface area contributed by atoms with Crippen LogP contribution >= 0.6 is 0 Å². The smallest absolute Gasteiger partial charge is 0.159 e. The second kappa shape index (κ2) is 5.89. The van der Waals surface area contributed by atoms with E-state index in [9.17, 15) is 18.3 Å². The van der Waals surface area contributed by atoms with Crippen LogP contribution in [-0.2, 0) is 6.42 Å². The van der Waals surface area contributed by atoms with Gasteiger partial charge in [0.05, 0.1) is 6.61 Å². The van der Waals surface area contributed by atoms with Crippen molar-refractivity contribution in [3.05, 3.63) is 71.0 Å². The first-order valence-corrected chi connectivity index (χ1v) is 5.91. The SMILES string of the molecule is OCC(Cc1ccc(F)c(F)c1)c1ccccc1F. The van der Waals surface area contributed by atoms with Crippen molar-refractivity contribution in [2.75, 3.05) is 6.61 Å². The molecule has 0 aliphatic rings. The summed E-state index contributed by atoms with van der Waals surface area (Å²) in [5.41, 5.74) is 0.885. The maximum Gasteiger partial charge on any atom is 0.159 e. The number of benzene rings is 2. The lowest BCUT2D eigenvalue weighted by molar-refractivity contribution is 0.261. The summed E-state index contributed by atoms with van der Waals surface area (Å²) in [5.74, 6) is -2.76. The second-order valence-electron chi connectivity index (χ2n) is 4.35. The minimum atomic E-state index is -0.942. The van der Waals surface area contributed by atoms with Crippen molar-refractivity contribution in [1.29, 1.82) is 0 Å². The molecule has 0 heterocycles. The van der Waals surface area contributed by atoms with Gasteiger partial charge in [-0.2, -0.15) is 0 Å². The lowest BCUT2D eigenvalue weighted by Crippen LogP contribution is -2.10. The third-order valence-corrected chi connectivity index (χ3v) is 3.03. The first-order valence-electron chi connectivity index (χ1n) is 5.91. The number of aliphatic hydroxyl groups excluding tert-OH is 1. The molecule has 0 aliphatic heterocycles. The molecule has 1 nitrogen and oxygen atoms in total. The summed E-state index contributed by atoms with van der Waals surface area (Å²) in [5, 5.41) is 9.35. The van der Waals surface area contributed by atoms with Crippen molar-refractivity contribution in [2.24, 2.45) is 0 Å². The Morgan fingerprint density at radius 3 is 2.26 bits per heavy atom. The highest BCUT2D eigenvalue weighted by molar-refractivity contribution is 5.26. The van der Waals surface area contributed by atoms with Crippen LogP contribution in [0.1, 0.15) is 17.0 Å². The summed E-state index contributed by atoms with van der Waals surface area (Å²) < 4.78 is 39.6. The van der Waals surface area contributed by atoms with Crippen molar-refractivity contribution >= 4 is 0 Å². The third-order valence-electron chi connectivity index (χ3n) is 3.03. The van der Waals surface area contributed by atoms with Gasteiger partial charge >= 0.3 is 0 Å². The number of aliphatic hydroxyl groups is 1. The predicted molar refractivity (Wildman–Crippen MR) is 66.3 cm³/mol. The zero-order valence-electron chi connectivity index (χ0n) is 10.1. The second-order valence-corrected chi connectivity index (χ2v) is 4.35. The summed E-state index contributed by atoms with van der Waals surface area (Å²) in [4.78, 5) is 0. The summed E-state index contributed by atoms with van der Waals surface area (Å²) in [6.07, 6.45) is 0.245. The fourth-order valence-corrected chi connectivity index (χ4v) is 2.03. The molecular weight excluding hydrogens is 253 g/mol. The van der Waals surface area contributed by atoms with E-state index in [0.29, 0.717) is 11.1 Å². The van der Waals surface area contributed by atoms with E-state index in [1.54, 1.807) is 18.2 Å². The van der Waals surface area contributed by atoms with Crippen LogP contribution < -0.4 is 0 Å². The zero-order valence-corrected chi connectivity index (χ0v) is 10.1. The van der Waals surface area contributed by atoms with Gasteiger partial charge in [-0.25, -0.2) is 13.2 Å². The van der Waals surface area contributed by atoms with Gasteiger partial charge in [-0.15, -0.1) is 0 Å². The van der Waals surface area contributed by atoms with Gasteiger partial charge in [-0.1, -0.05) is 24.3 Å². The third kappa shape index (κ3) is 3.15. The molecule has 1 N–H and O–H groups in total. The van der Waals surface area contributed by atoms with E-state index in [1.807, 2.05) is 0 Å². The molecule has 0 saturated carbocycles. The van der Waals surface area contributed by atoms with Crippen LogP contribution in [0.25, 0.3) is 0 Å². The Labute approximate surface area is 109 Å². The molecule has 2 aromatic rings. The molecule has 0 spiro atoms. The largest absolute Gasteiger partial charge is 0.396 e. The van der Waals surface area contributed by atoms with Crippen LogP contribution in [0.3, 0.4) is 0 Å². The summed E-state index contributed by atoms with van der Waals surface area (Å²) in [7, 11) is 0. The van der Waals surface area contributed by atoms with Crippen molar-refractivity contribution in [3.8, 4) is 0 Å². The maximum atomic E-state index is 13.6. The van der Waals surface area contributed by atoms with E-state index in [-0.39, 0.29) is 13.0 Å². The lowest BCUT2D eigenvalue weighted by Gasteiger charge is -2.15. The first kappa shape index (κ1) is 13.6. The predicted octanol–water partition coefficient (Wildman–Crippen LogP) is 3.42. The van der Waals surface area contributed by atoms with Gasteiger partial charge in [0, 0.05) is 5.92 Å². The fraction of sp³-hybridized carbons (Fsp3) is 0.200. The molecule has 0 bridgehead atoms. The molecule has 4 heteroatoms. The Balaban J connectivity index is 2.24. The average molecular weight is 266 g/mol. The van der Waals surface area contributed by atoms with Crippen LogP contribution in [0.15, 0.2) is 42.5 Å². The molecular formula is C15H13F3O. The highest BCUT2D eigenvalue weighted by atomic mass is 19.2. The summed E-state index contributed by atoms with van der Waals surface area (Å²) in [6.45, 7) is -0.264. The number of rotatable bonds is 4. The fourth-order valence-electron chi connectivity index (χ4n) is 2.03. The minimum Gasteiger partial charge on any atom is -0.396 e. The Morgan fingerprint density at radius 2 is 1.63 bits per heavy atom. The van der Waals surface area contributed by atoms with Gasteiger partial charge in [-0.3, -0.25) is 0 Å². The number of halogens is 3. The van der Waals surface area contributed by atoms with Crippen LogP contribution in [0, 0.1) is 17.5 Å². The van der Waals surface area contributed by atoms with Gasteiger partial charge in [0.15, 0.2) is 11.6 Å². The maximum absolute atomic E-state index is 13.6. The summed E-state index contributed by atoms with van der Waals surface area (Å²) >= 11 is 0. The van der Waals surface area contributed by atoms with Gasteiger partial charge in [0.1, 0.15) is 5.82 Å². The van der Waals surface area contributed by atoms with E-state index in [0.717, 1.165) is 12.1 Å². The van der Waals surface area contributed by atoms with E-state index in [1.165, 1.54) is 12.1 Å². The van der Waals surface area contributed by atoms with E-state index in [4.69, 9.17) is 0 Å². The van der Waals surface area contributed by atoms with Crippen molar-refractivity contribution in [2.45, 2.75) is 12.3 Å². The van der Waals surface area contributed by atoms with Crippen LogP contribution in [-0.4, -0.2) is 11.7 Å². The van der Waals surface area contributed by atoms with Crippen molar-refractivity contribution in [3.63, 3.8) is 0 Å². The molecule has 2 aromatic carbocycles. The number of hydrogen-bond donors (Lipinski definition) is 1. The van der Waals surface area contributed by atoms with Crippen LogP contribution in [0.5, 0.6) is 0 Å². The quantitative estimate of drug-likeness (QED) is 0.899. The lowest BCUT2D eigenvalue weighted by atomic mass is 9.92. The van der Waals surface area contributed by atoms with Crippen molar-refractivity contribution < 1.29 is 18.3 Å². The zero-order chi connectivity index (χ0) is 13.8. The Kier molecular flexibility index (Phi) is 4.22. The van der Waals surface area contributed by atoms with Gasteiger partial charge in [-0.05, 0) is 35.7 Å². The van der Waals surface area contributed by atoms with Crippen LogP contribution in [0.4, 0.5) is 13.2 Å². The number of hydrogen-bond acceptors (Lipinski definition) is 1. The van der Waals surface area contributed by atoms with Crippen LogP contribution in [0.2, 0.25) is 0 Å². The molecule has 19 heavy (non-hydrogen) atoms. The normalized spacial score (nSPS) is 12.4. The molecule has 2 rings (SSSR count). The molecule has 0 radical (unpaired) electrons. The summed E-state index contributed by atoms with van der Waals surface area (Å²) in [6, 6.07) is 9.65. The standard InChI is InChI=1S/C15H13F3O/c16-13-4-2-1-3-12(13)11(9-19)7-10-5-6-14(17)15(18)8-10/h1-6,8,11,19H,7,9H2. The van der Waals surface area contributed by atoms with E-state index >= 15 is 0 Å². The minimum absolute atomic E-state index is 0.245. The molecule has 1 unspecified atom stereocenters. The van der Waals surface area contributed by atoms with Crippen molar-refractivity contribution in [1.82, 2.24) is 0 Å². The molecule has 1 atom stereocenters. The molecule has 0 aromatic heterocycles. The molecule has 0 saturated heterocycles. The Bertz CT molecular complexity index is 569. The van der Waals surface area contributed by atoms with E-state index in [2.05, 4.69) is 0 Å². The van der Waals surface area contributed by atoms with E-state index < -0.39 is 23.4 Å². The monoisotopic (exact) mass is 266 g/mol. The first-order chi connectivity index (χ1) is 9.11.